The summed E-state index contributed by atoms with van der Waals surface area (Å²) in [5.41, 5.74) is 1.28. The van der Waals surface area contributed by atoms with Crippen molar-refractivity contribution < 1.29 is 9.53 Å². The predicted octanol–water partition coefficient (Wildman–Crippen LogP) is 3.28. The summed E-state index contributed by atoms with van der Waals surface area (Å²) >= 11 is 0. The summed E-state index contributed by atoms with van der Waals surface area (Å²) in [4.78, 5) is 14.2. The van der Waals surface area contributed by atoms with Crippen LogP contribution < -0.4 is 4.74 Å². The Morgan fingerprint density at radius 2 is 1.95 bits per heavy atom. The SMILES string of the molecule is CCCN(CC1CC1)C(=O)COc1ccc(CC)cc1. The Kier molecular flexibility index (Phi) is 5.45. The van der Waals surface area contributed by atoms with Crippen LogP contribution in [-0.4, -0.2) is 30.5 Å². The molecule has 0 atom stereocenters. The number of ether oxygens (including phenoxy) is 1. The Morgan fingerprint density at radius 1 is 1.25 bits per heavy atom. The third kappa shape index (κ3) is 4.55. The maximum absolute atomic E-state index is 12.2. The highest BCUT2D eigenvalue weighted by Gasteiger charge is 2.26. The molecule has 1 aromatic carbocycles. The molecule has 0 aromatic heterocycles. The summed E-state index contributed by atoms with van der Waals surface area (Å²) < 4.78 is 5.61. The monoisotopic (exact) mass is 275 g/mol. The molecule has 110 valence electrons. The number of nitrogens with zero attached hydrogens (tertiary/aromatic N) is 1. The van der Waals surface area contributed by atoms with Crippen LogP contribution in [0.15, 0.2) is 24.3 Å². The zero-order chi connectivity index (χ0) is 14.4. The van der Waals surface area contributed by atoms with Gasteiger partial charge in [-0.15, -0.1) is 0 Å². The van der Waals surface area contributed by atoms with E-state index in [1.54, 1.807) is 0 Å². The van der Waals surface area contributed by atoms with E-state index in [1.807, 2.05) is 29.2 Å². The molecule has 20 heavy (non-hydrogen) atoms. The quantitative estimate of drug-likeness (QED) is 0.728. The van der Waals surface area contributed by atoms with Gasteiger partial charge in [0.25, 0.3) is 5.91 Å². The van der Waals surface area contributed by atoms with E-state index in [2.05, 4.69) is 13.8 Å². The molecule has 0 heterocycles. The number of amides is 1. The number of aryl methyl sites for hydroxylation is 1. The fourth-order valence-electron chi connectivity index (χ4n) is 2.26. The number of carbonyl (C=O) groups excluding carboxylic acids is 1. The lowest BCUT2D eigenvalue weighted by Gasteiger charge is -2.22. The van der Waals surface area contributed by atoms with Gasteiger partial charge in [0.1, 0.15) is 5.75 Å². The van der Waals surface area contributed by atoms with Crippen molar-refractivity contribution in [2.75, 3.05) is 19.7 Å². The standard InChI is InChI=1S/C17H25NO2/c1-3-11-18(12-15-5-6-15)17(19)13-20-16-9-7-14(4-2)8-10-16/h7-10,15H,3-6,11-13H2,1-2H3. The lowest BCUT2D eigenvalue weighted by Crippen LogP contribution is -2.37. The second-order valence-corrected chi connectivity index (χ2v) is 5.57. The smallest absolute Gasteiger partial charge is 0.260 e. The molecular weight excluding hydrogens is 250 g/mol. The molecule has 1 aliphatic rings. The van der Waals surface area contributed by atoms with E-state index in [-0.39, 0.29) is 12.5 Å². The molecule has 0 unspecified atom stereocenters. The minimum absolute atomic E-state index is 0.110. The minimum Gasteiger partial charge on any atom is -0.484 e. The molecule has 2 rings (SSSR count). The van der Waals surface area contributed by atoms with Crippen LogP contribution in [0.5, 0.6) is 5.75 Å². The molecule has 1 amide bonds. The summed E-state index contributed by atoms with van der Waals surface area (Å²) in [6, 6.07) is 7.98. The van der Waals surface area contributed by atoms with E-state index in [4.69, 9.17) is 4.74 Å². The molecule has 0 spiro atoms. The van der Waals surface area contributed by atoms with Crippen molar-refractivity contribution >= 4 is 5.91 Å². The molecule has 1 fully saturated rings. The maximum atomic E-state index is 12.2. The first-order valence-electron chi connectivity index (χ1n) is 7.72. The molecule has 0 bridgehead atoms. The van der Waals surface area contributed by atoms with Crippen molar-refractivity contribution in [3.63, 3.8) is 0 Å². The first-order valence-corrected chi connectivity index (χ1v) is 7.72. The van der Waals surface area contributed by atoms with Crippen molar-refractivity contribution in [2.24, 2.45) is 5.92 Å². The normalized spacial score (nSPS) is 14.1. The molecule has 0 saturated heterocycles. The van der Waals surface area contributed by atoms with Gasteiger partial charge in [-0.3, -0.25) is 4.79 Å². The fourth-order valence-corrected chi connectivity index (χ4v) is 2.26. The first-order chi connectivity index (χ1) is 9.72. The van der Waals surface area contributed by atoms with Gasteiger partial charge < -0.3 is 9.64 Å². The van der Waals surface area contributed by atoms with Gasteiger partial charge >= 0.3 is 0 Å². The van der Waals surface area contributed by atoms with Gasteiger partial charge in [-0.1, -0.05) is 26.0 Å². The lowest BCUT2D eigenvalue weighted by atomic mass is 10.2. The molecule has 1 saturated carbocycles. The zero-order valence-electron chi connectivity index (χ0n) is 12.6. The van der Waals surface area contributed by atoms with Crippen LogP contribution in [0.3, 0.4) is 0 Å². The minimum atomic E-state index is 0.110. The highest BCUT2D eigenvalue weighted by atomic mass is 16.5. The Morgan fingerprint density at radius 3 is 2.50 bits per heavy atom. The molecule has 1 aliphatic carbocycles. The van der Waals surface area contributed by atoms with Gasteiger partial charge in [0.2, 0.25) is 0 Å². The highest BCUT2D eigenvalue weighted by molar-refractivity contribution is 5.77. The van der Waals surface area contributed by atoms with Crippen LogP contribution in [0.25, 0.3) is 0 Å². The van der Waals surface area contributed by atoms with Crippen LogP contribution in [0, 0.1) is 5.92 Å². The lowest BCUT2D eigenvalue weighted by molar-refractivity contribution is -0.133. The van der Waals surface area contributed by atoms with Crippen LogP contribution in [0.4, 0.5) is 0 Å². The van der Waals surface area contributed by atoms with Crippen molar-refractivity contribution in [3.8, 4) is 5.75 Å². The summed E-state index contributed by atoms with van der Waals surface area (Å²) in [6.45, 7) is 6.13. The highest BCUT2D eigenvalue weighted by Crippen LogP contribution is 2.29. The van der Waals surface area contributed by atoms with Crippen LogP contribution in [-0.2, 0) is 11.2 Å². The molecule has 0 aliphatic heterocycles. The maximum Gasteiger partial charge on any atom is 0.260 e. The van der Waals surface area contributed by atoms with Crippen LogP contribution in [0.2, 0.25) is 0 Å². The predicted molar refractivity (Wildman–Crippen MR) is 80.9 cm³/mol. The third-order valence-electron chi connectivity index (χ3n) is 3.72. The zero-order valence-corrected chi connectivity index (χ0v) is 12.6. The summed E-state index contributed by atoms with van der Waals surface area (Å²) in [5, 5.41) is 0. The van der Waals surface area contributed by atoms with Gasteiger partial charge in [-0.2, -0.15) is 0 Å². The van der Waals surface area contributed by atoms with E-state index in [9.17, 15) is 4.79 Å². The average Bonchev–Trinajstić information content (AvgIpc) is 3.29. The second-order valence-electron chi connectivity index (χ2n) is 5.57. The van der Waals surface area contributed by atoms with E-state index in [0.717, 1.165) is 37.6 Å². The van der Waals surface area contributed by atoms with Crippen molar-refractivity contribution in [2.45, 2.75) is 39.5 Å². The Hall–Kier alpha value is -1.51. The topological polar surface area (TPSA) is 29.5 Å². The molecule has 0 radical (unpaired) electrons. The van der Waals surface area contributed by atoms with Gasteiger partial charge in [0.05, 0.1) is 0 Å². The summed E-state index contributed by atoms with van der Waals surface area (Å²) in [6.07, 6.45) is 4.56. The number of hydrogen-bond donors (Lipinski definition) is 0. The molecule has 3 heteroatoms. The molecule has 0 N–H and O–H groups in total. The van der Waals surface area contributed by atoms with E-state index >= 15 is 0 Å². The van der Waals surface area contributed by atoms with Crippen molar-refractivity contribution in [3.05, 3.63) is 29.8 Å². The second kappa shape index (κ2) is 7.32. The van der Waals surface area contributed by atoms with Crippen LogP contribution >= 0.6 is 0 Å². The van der Waals surface area contributed by atoms with Crippen molar-refractivity contribution in [1.29, 1.82) is 0 Å². The van der Waals surface area contributed by atoms with Gasteiger partial charge in [0, 0.05) is 13.1 Å². The fraction of sp³-hybridized carbons (Fsp3) is 0.588. The molecular formula is C17H25NO2. The number of benzene rings is 1. The number of rotatable bonds is 8. The largest absolute Gasteiger partial charge is 0.484 e. The Balaban J connectivity index is 1.81. The van der Waals surface area contributed by atoms with Gasteiger partial charge in [-0.25, -0.2) is 0 Å². The van der Waals surface area contributed by atoms with Crippen LogP contribution in [0.1, 0.15) is 38.7 Å². The van der Waals surface area contributed by atoms with Gasteiger partial charge in [-0.05, 0) is 49.3 Å². The molecule has 1 aromatic rings. The van der Waals surface area contributed by atoms with E-state index < -0.39 is 0 Å². The Labute approximate surface area is 121 Å². The molecule has 3 nitrogen and oxygen atoms in total. The number of carbonyl (C=O) groups is 1. The summed E-state index contributed by atoms with van der Waals surface area (Å²) in [7, 11) is 0. The third-order valence-corrected chi connectivity index (χ3v) is 3.72. The number of hydrogen-bond acceptors (Lipinski definition) is 2. The van der Waals surface area contributed by atoms with E-state index in [0.29, 0.717) is 0 Å². The Bertz CT molecular complexity index is 423. The summed E-state index contributed by atoms with van der Waals surface area (Å²) in [5.74, 6) is 1.62. The van der Waals surface area contributed by atoms with Gasteiger partial charge in [0.15, 0.2) is 6.61 Å². The average molecular weight is 275 g/mol. The first kappa shape index (κ1) is 14.9. The van der Waals surface area contributed by atoms with E-state index in [1.165, 1.54) is 18.4 Å². The van der Waals surface area contributed by atoms with Crippen molar-refractivity contribution in [1.82, 2.24) is 4.90 Å².